The number of nitrogens with zero attached hydrogens (tertiary/aromatic N) is 1. The molecule has 0 saturated heterocycles. The minimum absolute atomic E-state index is 0.0112. The predicted molar refractivity (Wildman–Crippen MR) is 103 cm³/mol. The van der Waals surface area contributed by atoms with E-state index in [4.69, 9.17) is 0 Å². The van der Waals surface area contributed by atoms with E-state index < -0.39 is 0 Å². The highest BCUT2D eigenvalue weighted by atomic mass is 32.2. The number of para-hydroxylation sites is 1. The van der Waals surface area contributed by atoms with Crippen LogP contribution in [-0.2, 0) is 4.79 Å². The van der Waals surface area contributed by atoms with Crippen molar-refractivity contribution in [2.24, 2.45) is 0 Å². The number of thiazole rings is 1. The second kappa shape index (κ2) is 8.17. The van der Waals surface area contributed by atoms with E-state index in [1.165, 1.54) is 4.90 Å². The minimum atomic E-state index is -0.313. The maximum atomic E-state index is 12.2. The number of hydrogen-bond donors (Lipinski definition) is 2. The van der Waals surface area contributed by atoms with Crippen molar-refractivity contribution < 1.29 is 4.79 Å². The molecule has 0 spiro atoms. The molecular weight excluding hydrogens is 338 g/mol. The Bertz CT molecular complexity index is 771. The summed E-state index contributed by atoms with van der Waals surface area (Å²) in [6, 6.07) is 17.8. The fourth-order valence-corrected chi connectivity index (χ4v) is 3.94. The third-order valence-electron chi connectivity index (χ3n) is 3.44. The first-order chi connectivity index (χ1) is 11.7. The van der Waals surface area contributed by atoms with E-state index in [0.29, 0.717) is 6.54 Å². The standard InChI is InChI=1S/C18H19N3OS2/c1-13(20-18-21-15-9-5-6-10-16(15)24-18)17(22)19-11-12-23-14-7-3-2-4-8-14/h2-10,13H,11-12H2,1H3,(H,19,22)(H,20,21)/t13-/m1/s1. The third kappa shape index (κ3) is 4.49. The van der Waals surface area contributed by atoms with Crippen molar-refractivity contribution >= 4 is 44.4 Å². The molecule has 3 aromatic rings. The molecule has 3 rings (SSSR count). The predicted octanol–water partition coefficient (Wildman–Crippen LogP) is 4.01. The number of carbonyl (C=O) groups excluding carboxylic acids is 1. The maximum absolute atomic E-state index is 12.2. The van der Waals surface area contributed by atoms with Crippen molar-refractivity contribution in [2.75, 3.05) is 17.6 Å². The topological polar surface area (TPSA) is 54.0 Å². The Hall–Kier alpha value is -2.05. The molecule has 6 heteroatoms. The lowest BCUT2D eigenvalue weighted by Crippen LogP contribution is -2.38. The Morgan fingerprint density at radius 2 is 1.92 bits per heavy atom. The summed E-state index contributed by atoms with van der Waals surface area (Å²) in [6.45, 7) is 2.50. The van der Waals surface area contributed by atoms with Gasteiger partial charge >= 0.3 is 0 Å². The smallest absolute Gasteiger partial charge is 0.242 e. The highest BCUT2D eigenvalue weighted by molar-refractivity contribution is 7.99. The van der Waals surface area contributed by atoms with Crippen LogP contribution in [-0.4, -0.2) is 29.2 Å². The highest BCUT2D eigenvalue weighted by Gasteiger charge is 2.14. The van der Waals surface area contributed by atoms with Crippen LogP contribution in [0.2, 0.25) is 0 Å². The van der Waals surface area contributed by atoms with Crippen molar-refractivity contribution in [2.45, 2.75) is 17.9 Å². The van der Waals surface area contributed by atoms with Crippen LogP contribution in [0.3, 0.4) is 0 Å². The second-order valence-corrected chi connectivity index (χ2v) is 7.50. The van der Waals surface area contributed by atoms with Gasteiger partial charge in [-0.3, -0.25) is 4.79 Å². The first-order valence-corrected chi connectivity index (χ1v) is 9.60. The van der Waals surface area contributed by atoms with Gasteiger partial charge < -0.3 is 10.6 Å². The van der Waals surface area contributed by atoms with Gasteiger partial charge in [-0.15, -0.1) is 11.8 Å². The molecule has 0 unspecified atom stereocenters. The monoisotopic (exact) mass is 357 g/mol. The fourth-order valence-electron chi connectivity index (χ4n) is 2.20. The number of anilines is 1. The van der Waals surface area contributed by atoms with E-state index in [0.717, 1.165) is 21.1 Å². The second-order valence-electron chi connectivity index (χ2n) is 5.31. The summed E-state index contributed by atoms with van der Waals surface area (Å²) in [5, 5.41) is 6.91. The number of amides is 1. The average molecular weight is 358 g/mol. The number of nitrogens with one attached hydrogen (secondary N) is 2. The molecular formula is C18H19N3OS2. The largest absolute Gasteiger partial charge is 0.353 e. The zero-order valence-corrected chi connectivity index (χ0v) is 15.0. The summed E-state index contributed by atoms with van der Waals surface area (Å²) >= 11 is 3.30. The fraction of sp³-hybridized carbons (Fsp3) is 0.222. The lowest BCUT2D eigenvalue weighted by molar-refractivity contribution is -0.121. The average Bonchev–Trinajstić information content (AvgIpc) is 3.01. The molecule has 1 atom stereocenters. The van der Waals surface area contributed by atoms with E-state index in [-0.39, 0.29) is 11.9 Å². The summed E-state index contributed by atoms with van der Waals surface area (Å²) in [4.78, 5) is 17.9. The molecule has 124 valence electrons. The van der Waals surface area contributed by atoms with Crippen molar-refractivity contribution in [3.63, 3.8) is 0 Å². The van der Waals surface area contributed by atoms with Crippen LogP contribution in [0.5, 0.6) is 0 Å². The molecule has 1 aromatic heterocycles. The molecule has 0 aliphatic carbocycles. The highest BCUT2D eigenvalue weighted by Crippen LogP contribution is 2.25. The van der Waals surface area contributed by atoms with Crippen LogP contribution in [0.25, 0.3) is 10.2 Å². The summed E-state index contributed by atoms with van der Waals surface area (Å²) in [5.74, 6) is 0.840. The number of rotatable bonds is 7. The van der Waals surface area contributed by atoms with Gasteiger partial charge in [0.1, 0.15) is 6.04 Å². The van der Waals surface area contributed by atoms with Gasteiger partial charge in [-0.2, -0.15) is 0 Å². The van der Waals surface area contributed by atoms with Gasteiger partial charge in [0.25, 0.3) is 0 Å². The van der Waals surface area contributed by atoms with E-state index in [9.17, 15) is 4.79 Å². The van der Waals surface area contributed by atoms with Gasteiger partial charge in [0.15, 0.2) is 5.13 Å². The van der Waals surface area contributed by atoms with Crippen LogP contribution >= 0.6 is 23.1 Å². The molecule has 0 aliphatic rings. The number of fused-ring (bicyclic) bond motifs is 1. The molecule has 1 amide bonds. The first kappa shape index (κ1) is 16.8. The molecule has 0 aliphatic heterocycles. The Morgan fingerprint density at radius 1 is 1.17 bits per heavy atom. The summed E-state index contributed by atoms with van der Waals surface area (Å²) in [5.41, 5.74) is 0.955. The van der Waals surface area contributed by atoms with Gasteiger partial charge in [-0.05, 0) is 31.2 Å². The first-order valence-electron chi connectivity index (χ1n) is 7.80. The molecule has 0 saturated carbocycles. The molecule has 0 bridgehead atoms. The lowest BCUT2D eigenvalue weighted by atomic mass is 10.3. The van der Waals surface area contributed by atoms with E-state index >= 15 is 0 Å². The van der Waals surface area contributed by atoms with Crippen molar-refractivity contribution in [1.29, 1.82) is 0 Å². The summed E-state index contributed by atoms with van der Waals surface area (Å²) < 4.78 is 1.12. The van der Waals surface area contributed by atoms with Crippen LogP contribution in [0, 0.1) is 0 Å². The quantitative estimate of drug-likeness (QED) is 0.496. The molecule has 0 fully saturated rings. The molecule has 0 radical (unpaired) electrons. The van der Waals surface area contributed by atoms with Crippen LogP contribution in [0.15, 0.2) is 59.5 Å². The van der Waals surface area contributed by atoms with E-state index in [2.05, 4.69) is 27.8 Å². The SMILES string of the molecule is C[C@@H](Nc1nc2ccccc2s1)C(=O)NCCSc1ccccc1. The van der Waals surface area contributed by atoms with Crippen molar-refractivity contribution in [3.8, 4) is 0 Å². The number of aromatic nitrogens is 1. The third-order valence-corrected chi connectivity index (χ3v) is 5.42. The number of carbonyl (C=O) groups is 1. The normalized spacial score (nSPS) is 12.0. The zero-order chi connectivity index (χ0) is 16.8. The number of thioether (sulfide) groups is 1. The molecule has 24 heavy (non-hydrogen) atoms. The Balaban J connectivity index is 1.44. The van der Waals surface area contributed by atoms with Crippen LogP contribution < -0.4 is 10.6 Å². The number of hydrogen-bond acceptors (Lipinski definition) is 5. The Kier molecular flexibility index (Phi) is 5.72. The van der Waals surface area contributed by atoms with E-state index in [1.807, 2.05) is 49.4 Å². The molecule has 2 N–H and O–H groups in total. The minimum Gasteiger partial charge on any atom is -0.353 e. The van der Waals surface area contributed by atoms with Gasteiger partial charge in [0.2, 0.25) is 5.91 Å². The van der Waals surface area contributed by atoms with Crippen molar-refractivity contribution in [1.82, 2.24) is 10.3 Å². The van der Waals surface area contributed by atoms with Crippen LogP contribution in [0.1, 0.15) is 6.92 Å². The van der Waals surface area contributed by atoms with Crippen LogP contribution in [0.4, 0.5) is 5.13 Å². The zero-order valence-electron chi connectivity index (χ0n) is 13.4. The van der Waals surface area contributed by atoms with Gasteiger partial charge in [0, 0.05) is 17.2 Å². The summed E-state index contributed by atoms with van der Waals surface area (Å²) in [7, 11) is 0. The molecule has 1 heterocycles. The number of benzene rings is 2. The molecule has 4 nitrogen and oxygen atoms in total. The van der Waals surface area contributed by atoms with Gasteiger partial charge in [-0.1, -0.05) is 41.7 Å². The Labute approximate surface area is 149 Å². The van der Waals surface area contributed by atoms with Gasteiger partial charge in [0.05, 0.1) is 10.2 Å². The van der Waals surface area contributed by atoms with Crippen molar-refractivity contribution in [3.05, 3.63) is 54.6 Å². The van der Waals surface area contributed by atoms with E-state index in [1.54, 1.807) is 23.1 Å². The van der Waals surface area contributed by atoms with Gasteiger partial charge in [-0.25, -0.2) is 4.98 Å². The maximum Gasteiger partial charge on any atom is 0.242 e. The summed E-state index contributed by atoms with van der Waals surface area (Å²) in [6.07, 6.45) is 0. The lowest BCUT2D eigenvalue weighted by Gasteiger charge is -2.13. The Morgan fingerprint density at radius 3 is 2.71 bits per heavy atom. The molecule has 2 aromatic carbocycles.